The maximum Gasteiger partial charge on any atom is 0.0384 e. The van der Waals surface area contributed by atoms with Crippen molar-refractivity contribution in [3.63, 3.8) is 0 Å². The first-order chi connectivity index (χ1) is 17.3. The van der Waals surface area contributed by atoms with Crippen LogP contribution in [0.4, 0.5) is 5.69 Å². The Morgan fingerprint density at radius 1 is 0.543 bits per heavy atom. The van der Waals surface area contributed by atoms with Crippen molar-refractivity contribution in [2.24, 2.45) is 5.92 Å². The van der Waals surface area contributed by atoms with Crippen LogP contribution in [0.1, 0.15) is 29.9 Å². The zero-order valence-electron chi connectivity index (χ0n) is 19.8. The van der Waals surface area contributed by atoms with Gasteiger partial charge >= 0.3 is 0 Å². The molecule has 2 aliphatic rings. The number of anilines is 1. The number of fused-ring (bicyclic) bond motifs is 1. The van der Waals surface area contributed by atoms with Crippen LogP contribution in [0.25, 0.3) is 28.3 Å². The van der Waals surface area contributed by atoms with Crippen molar-refractivity contribution in [1.29, 1.82) is 0 Å². The molecule has 0 bridgehead atoms. The van der Waals surface area contributed by atoms with E-state index >= 15 is 0 Å². The molecule has 0 saturated carbocycles. The normalized spacial score (nSPS) is 18.6. The van der Waals surface area contributed by atoms with E-state index in [9.17, 15) is 0 Å². The van der Waals surface area contributed by atoms with E-state index in [2.05, 4.69) is 139 Å². The van der Waals surface area contributed by atoms with E-state index in [1.807, 2.05) is 0 Å². The summed E-state index contributed by atoms with van der Waals surface area (Å²) < 4.78 is 0. The van der Waals surface area contributed by atoms with E-state index in [1.165, 1.54) is 39.1 Å². The molecule has 4 aromatic carbocycles. The van der Waals surface area contributed by atoms with Crippen LogP contribution in [0, 0.1) is 5.92 Å². The summed E-state index contributed by atoms with van der Waals surface area (Å²) in [6, 6.07) is 36.9. The van der Waals surface area contributed by atoms with Gasteiger partial charge in [0.25, 0.3) is 0 Å². The second-order valence-corrected chi connectivity index (χ2v) is 9.44. The molecule has 0 aliphatic heterocycles. The van der Waals surface area contributed by atoms with Crippen LogP contribution in [-0.2, 0) is 0 Å². The lowest BCUT2D eigenvalue weighted by molar-refractivity contribution is 0.506. The molecular formula is C34H29N. The monoisotopic (exact) mass is 451 g/mol. The number of hydrogen-bond donors (Lipinski definition) is 1. The topological polar surface area (TPSA) is 12.0 Å². The predicted octanol–water partition coefficient (Wildman–Crippen LogP) is 9.09. The van der Waals surface area contributed by atoms with E-state index in [1.54, 1.807) is 0 Å². The van der Waals surface area contributed by atoms with Gasteiger partial charge in [-0.25, -0.2) is 0 Å². The molecule has 2 unspecified atom stereocenters. The predicted molar refractivity (Wildman–Crippen MR) is 149 cm³/mol. The second-order valence-electron chi connectivity index (χ2n) is 9.44. The van der Waals surface area contributed by atoms with E-state index < -0.39 is 0 Å². The maximum absolute atomic E-state index is 3.64. The van der Waals surface area contributed by atoms with Crippen molar-refractivity contribution in [3.05, 3.63) is 144 Å². The fraction of sp³-hybridized carbons (Fsp3) is 0.118. The Hall–Kier alpha value is -4.10. The Bertz CT molecular complexity index is 1390. The largest absolute Gasteiger partial charge is 0.356 e. The number of allylic oxidation sites excluding steroid dienone is 4. The van der Waals surface area contributed by atoms with Crippen LogP contribution >= 0.6 is 0 Å². The molecule has 6 rings (SSSR count). The van der Waals surface area contributed by atoms with Crippen molar-refractivity contribution >= 4 is 11.8 Å². The number of hydrogen-bond acceptors (Lipinski definition) is 1. The molecule has 1 heteroatoms. The number of rotatable bonds is 5. The van der Waals surface area contributed by atoms with Crippen molar-refractivity contribution in [2.75, 3.05) is 5.32 Å². The Kier molecular flexibility index (Phi) is 5.90. The Labute approximate surface area is 208 Å². The third-order valence-corrected chi connectivity index (χ3v) is 7.20. The van der Waals surface area contributed by atoms with E-state index in [0.29, 0.717) is 11.8 Å². The van der Waals surface area contributed by atoms with Crippen LogP contribution in [0.3, 0.4) is 0 Å². The maximum atomic E-state index is 3.64. The van der Waals surface area contributed by atoms with Crippen LogP contribution < -0.4 is 5.32 Å². The summed E-state index contributed by atoms with van der Waals surface area (Å²) in [5.74, 6) is 1.05. The first kappa shape index (κ1) is 21.4. The van der Waals surface area contributed by atoms with Gasteiger partial charge in [-0.2, -0.15) is 0 Å². The van der Waals surface area contributed by atoms with E-state index in [4.69, 9.17) is 0 Å². The molecule has 2 atom stereocenters. The van der Waals surface area contributed by atoms with Gasteiger partial charge in [-0.15, -0.1) is 0 Å². The number of benzene rings is 4. The highest BCUT2D eigenvalue weighted by Crippen LogP contribution is 2.39. The molecular weight excluding hydrogens is 422 g/mol. The van der Waals surface area contributed by atoms with Crippen molar-refractivity contribution < 1.29 is 0 Å². The van der Waals surface area contributed by atoms with Crippen molar-refractivity contribution in [2.45, 2.75) is 18.8 Å². The highest BCUT2D eigenvalue weighted by Gasteiger charge is 2.25. The molecule has 0 fully saturated rings. The molecule has 1 N–H and O–H groups in total. The summed E-state index contributed by atoms with van der Waals surface area (Å²) in [7, 11) is 0. The molecule has 0 radical (unpaired) electrons. The Morgan fingerprint density at radius 2 is 1.14 bits per heavy atom. The Morgan fingerprint density at radius 3 is 1.89 bits per heavy atom. The average molecular weight is 452 g/mol. The lowest BCUT2D eigenvalue weighted by atomic mass is 9.76. The quantitative estimate of drug-likeness (QED) is 0.319. The number of nitrogens with one attached hydrogen (secondary N) is 1. The minimum Gasteiger partial charge on any atom is -0.356 e. The molecule has 170 valence electrons. The zero-order chi connectivity index (χ0) is 23.5. The lowest BCUT2D eigenvalue weighted by Crippen LogP contribution is -2.16. The summed E-state index contributed by atoms with van der Waals surface area (Å²) in [4.78, 5) is 0. The fourth-order valence-corrected chi connectivity index (χ4v) is 5.34. The summed E-state index contributed by atoms with van der Waals surface area (Å²) in [6.45, 7) is 0. The highest BCUT2D eigenvalue weighted by atomic mass is 14.9. The van der Waals surface area contributed by atoms with Crippen molar-refractivity contribution in [1.82, 2.24) is 0 Å². The van der Waals surface area contributed by atoms with Gasteiger partial charge in [-0.1, -0.05) is 115 Å². The molecule has 0 saturated heterocycles. The standard InChI is InChI=1S/C34H29N/c1-2-8-25(9-3-1)26-16-18-27(19-17-26)28-20-22-31(23-21-28)35-32-13-6-12-30(24-32)34-15-7-11-29-10-4-5-14-33(29)34/h1-11,13-14,16-24,30,34-35H,12,15H2. The third kappa shape index (κ3) is 4.63. The molecule has 0 amide bonds. The molecule has 0 heterocycles. The highest BCUT2D eigenvalue weighted by molar-refractivity contribution is 5.71. The third-order valence-electron chi connectivity index (χ3n) is 7.20. The van der Waals surface area contributed by atoms with Gasteiger partial charge in [0.1, 0.15) is 0 Å². The van der Waals surface area contributed by atoms with Crippen LogP contribution in [0.2, 0.25) is 0 Å². The molecule has 4 aromatic rings. The Balaban J connectivity index is 1.16. The molecule has 35 heavy (non-hydrogen) atoms. The zero-order valence-corrected chi connectivity index (χ0v) is 19.8. The molecule has 0 aromatic heterocycles. The van der Waals surface area contributed by atoms with Gasteiger partial charge < -0.3 is 5.32 Å². The molecule has 0 spiro atoms. The van der Waals surface area contributed by atoms with E-state index in [0.717, 1.165) is 18.5 Å². The van der Waals surface area contributed by atoms with Gasteiger partial charge in [0.15, 0.2) is 0 Å². The second kappa shape index (κ2) is 9.64. The van der Waals surface area contributed by atoms with Crippen LogP contribution in [-0.4, -0.2) is 0 Å². The average Bonchev–Trinajstić information content (AvgIpc) is 2.94. The smallest absolute Gasteiger partial charge is 0.0384 e. The summed E-state index contributed by atoms with van der Waals surface area (Å²) >= 11 is 0. The van der Waals surface area contributed by atoms with Gasteiger partial charge in [0.05, 0.1) is 0 Å². The minimum absolute atomic E-state index is 0.510. The first-order valence-corrected chi connectivity index (χ1v) is 12.5. The summed E-state index contributed by atoms with van der Waals surface area (Å²) in [5, 5.41) is 3.64. The van der Waals surface area contributed by atoms with E-state index in [-0.39, 0.29) is 0 Å². The van der Waals surface area contributed by atoms with Gasteiger partial charge in [0, 0.05) is 11.4 Å². The summed E-state index contributed by atoms with van der Waals surface area (Å²) in [5.41, 5.74) is 10.1. The summed E-state index contributed by atoms with van der Waals surface area (Å²) in [6.07, 6.45) is 13.8. The van der Waals surface area contributed by atoms with Crippen LogP contribution in [0.5, 0.6) is 0 Å². The minimum atomic E-state index is 0.510. The lowest BCUT2D eigenvalue weighted by Gasteiger charge is -2.29. The molecule has 2 aliphatic carbocycles. The fourth-order valence-electron chi connectivity index (χ4n) is 5.34. The van der Waals surface area contributed by atoms with Gasteiger partial charge in [-0.05, 0) is 76.3 Å². The SMILES string of the molecule is C1=CC(Nc2ccc(-c3ccc(-c4ccccc4)cc3)cc2)=CC(C2CC=Cc3ccccc32)C1. The van der Waals surface area contributed by atoms with Crippen molar-refractivity contribution in [3.8, 4) is 22.3 Å². The van der Waals surface area contributed by atoms with Crippen LogP contribution in [0.15, 0.2) is 133 Å². The van der Waals surface area contributed by atoms with Gasteiger partial charge in [0.2, 0.25) is 0 Å². The first-order valence-electron chi connectivity index (χ1n) is 12.5. The molecule has 1 nitrogen and oxygen atoms in total. The van der Waals surface area contributed by atoms with Gasteiger partial charge in [-0.3, -0.25) is 0 Å².